The number of carbonyl (C=O) groups is 1. The highest BCUT2D eigenvalue weighted by Crippen LogP contribution is 2.04. The summed E-state index contributed by atoms with van der Waals surface area (Å²) in [5.41, 5.74) is 0. The van der Waals surface area contributed by atoms with Gasteiger partial charge in [0.15, 0.2) is 0 Å². The van der Waals surface area contributed by atoms with Gasteiger partial charge in [0.25, 0.3) is 0 Å². The van der Waals surface area contributed by atoms with Crippen molar-refractivity contribution in [3.8, 4) is 0 Å². The van der Waals surface area contributed by atoms with Crippen LogP contribution in [0.2, 0.25) is 0 Å². The van der Waals surface area contributed by atoms with Crippen LogP contribution < -0.4 is 0 Å². The minimum Gasteiger partial charge on any atom is -0.330 e. The largest absolute Gasteiger partial charge is 0.330 e. The Bertz CT molecular complexity index is 269. The van der Waals surface area contributed by atoms with Gasteiger partial charge in [0.2, 0.25) is 0 Å². The van der Waals surface area contributed by atoms with E-state index < -0.39 is 0 Å². The van der Waals surface area contributed by atoms with Crippen molar-refractivity contribution in [1.29, 1.82) is 0 Å². The highest BCUT2D eigenvalue weighted by molar-refractivity contribution is 9.10. The predicted molar refractivity (Wildman–Crippen MR) is 44.4 cm³/mol. The van der Waals surface area contributed by atoms with Crippen molar-refractivity contribution in [3.63, 3.8) is 0 Å². The van der Waals surface area contributed by atoms with Gasteiger partial charge < -0.3 is 4.90 Å². The third-order valence-corrected chi connectivity index (χ3v) is 1.56. The molecule has 4 nitrogen and oxygen atoms in total. The minimum absolute atomic E-state index is 0.108. The molecule has 1 rings (SSSR count). The molecule has 1 heterocycles. The Hall–Kier alpha value is -0.840. The highest BCUT2D eigenvalue weighted by atomic mass is 79.9. The molecule has 0 aromatic carbocycles. The average Bonchev–Trinajstić information content (AvgIpc) is 2.34. The zero-order valence-electron chi connectivity index (χ0n) is 6.28. The lowest BCUT2D eigenvalue weighted by Crippen LogP contribution is -2.26. The SMILES string of the molecule is CN(C)C(=O)n1cnc(Br)c1. The van der Waals surface area contributed by atoms with E-state index in [1.807, 2.05) is 0 Å². The molecule has 0 aliphatic heterocycles. The zero-order valence-corrected chi connectivity index (χ0v) is 7.87. The van der Waals surface area contributed by atoms with E-state index in [2.05, 4.69) is 20.9 Å². The average molecular weight is 218 g/mol. The van der Waals surface area contributed by atoms with Gasteiger partial charge in [-0.3, -0.25) is 4.57 Å². The van der Waals surface area contributed by atoms with Crippen LogP contribution in [0, 0.1) is 0 Å². The Morgan fingerprint density at radius 2 is 2.36 bits per heavy atom. The molecule has 0 saturated heterocycles. The summed E-state index contributed by atoms with van der Waals surface area (Å²) in [6, 6.07) is -0.108. The molecule has 0 bridgehead atoms. The summed E-state index contributed by atoms with van der Waals surface area (Å²) in [4.78, 5) is 16.5. The summed E-state index contributed by atoms with van der Waals surface area (Å²) in [5, 5.41) is 0. The molecule has 5 heteroatoms. The number of imidazole rings is 1. The van der Waals surface area contributed by atoms with Crippen molar-refractivity contribution in [1.82, 2.24) is 14.5 Å². The molecule has 0 saturated carbocycles. The Labute approximate surface area is 73.0 Å². The first-order valence-electron chi connectivity index (χ1n) is 3.02. The summed E-state index contributed by atoms with van der Waals surface area (Å²) in [6.07, 6.45) is 3.08. The smallest absolute Gasteiger partial charge is 0.328 e. The lowest BCUT2D eigenvalue weighted by molar-refractivity contribution is 0.219. The maximum Gasteiger partial charge on any atom is 0.328 e. The van der Waals surface area contributed by atoms with E-state index in [1.165, 1.54) is 15.8 Å². The molecule has 1 aromatic heterocycles. The highest BCUT2D eigenvalue weighted by Gasteiger charge is 2.05. The van der Waals surface area contributed by atoms with Crippen molar-refractivity contribution < 1.29 is 4.79 Å². The monoisotopic (exact) mass is 217 g/mol. The molecule has 0 radical (unpaired) electrons. The van der Waals surface area contributed by atoms with E-state index in [1.54, 1.807) is 20.3 Å². The van der Waals surface area contributed by atoms with Gasteiger partial charge in [0.05, 0.1) is 0 Å². The standard InChI is InChI=1S/C6H8BrN3O/c1-9(2)6(11)10-3-5(7)8-4-10/h3-4H,1-2H3. The molecule has 0 fully saturated rings. The van der Waals surface area contributed by atoms with Crippen LogP contribution in [-0.2, 0) is 0 Å². The van der Waals surface area contributed by atoms with E-state index in [0.717, 1.165) is 0 Å². The summed E-state index contributed by atoms with van der Waals surface area (Å²) in [5.74, 6) is 0. The van der Waals surface area contributed by atoms with Gasteiger partial charge in [-0.2, -0.15) is 0 Å². The van der Waals surface area contributed by atoms with Crippen LogP contribution in [0.25, 0.3) is 0 Å². The van der Waals surface area contributed by atoms with Crippen LogP contribution in [0.3, 0.4) is 0 Å². The number of halogens is 1. The summed E-state index contributed by atoms with van der Waals surface area (Å²) in [6.45, 7) is 0. The fourth-order valence-corrected chi connectivity index (χ4v) is 0.946. The van der Waals surface area contributed by atoms with E-state index in [4.69, 9.17) is 0 Å². The molecule has 0 atom stereocenters. The summed E-state index contributed by atoms with van der Waals surface area (Å²) in [7, 11) is 3.38. The van der Waals surface area contributed by atoms with Gasteiger partial charge in [-0.15, -0.1) is 0 Å². The first-order chi connectivity index (χ1) is 5.11. The lowest BCUT2D eigenvalue weighted by Gasteiger charge is -2.08. The minimum atomic E-state index is -0.108. The lowest BCUT2D eigenvalue weighted by atomic mass is 10.8. The van der Waals surface area contributed by atoms with Crippen LogP contribution in [0.4, 0.5) is 4.79 Å². The maximum absolute atomic E-state index is 11.2. The van der Waals surface area contributed by atoms with Crippen LogP contribution in [-0.4, -0.2) is 34.6 Å². The molecule has 1 aromatic rings. The zero-order chi connectivity index (χ0) is 8.43. The van der Waals surface area contributed by atoms with Crippen LogP contribution in [0.5, 0.6) is 0 Å². The maximum atomic E-state index is 11.2. The van der Waals surface area contributed by atoms with Gasteiger partial charge in [0, 0.05) is 20.3 Å². The van der Waals surface area contributed by atoms with E-state index in [-0.39, 0.29) is 6.03 Å². The molecular formula is C6H8BrN3O. The van der Waals surface area contributed by atoms with E-state index >= 15 is 0 Å². The third kappa shape index (κ3) is 1.80. The molecule has 0 unspecified atom stereocenters. The van der Waals surface area contributed by atoms with Crippen molar-refractivity contribution in [3.05, 3.63) is 17.1 Å². The first kappa shape index (κ1) is 8.26. The van der Waals surface area contributed by atoms with Gasteiger partial charge >= 0.3 is 6.03 Å². The molecule has 0 spiro atoms. The number of carbonyl (C=O) groups excluding carboxylic acids is 1. The number of hydrogen-bond donors (Lipinski definition) is 0. The van der Waals surface area contributed by atoms with Crippen molar-refractivity contribution >= 4 is 22.0 Å². The summed E-state index contributed by atoms with van der Waals surface area (Å²) >= 11 is 3.15. The number of amides is 1. The van der Waals surface area contributed by atoms with Gasteiger partial charge in [0.1, 0.15) is 10.9 Å². The van der Waals surface area contributed by atoms with Crippen molar-refractivity contribution in [2.24, 2.45) is 0 Å². The molecule has 0 aliphatic rings. The number of aromatic nitrogens is 2. The van der Waals surface area contributed by atoms with Crippen LogP contribution >= 0.6 is 15.9 Å². The van der Waals surface area contributed by atoms with Gasteiger partial charge in [-0.1, -0.05) is 0 Å². The Morgan fingerprint density at radius 3 is 2.73 bits per heavy atom. The predicted octanol–water partition coefficient (Wildman–Crippen LogP) is 1.18. The molecule has 60 valence electrons. The Morgan fingerprint density at radius 1 is 1.73 bits per heavy atom. The second-order valence-corrected chi connectivity index (χ2v) is 3.09. The summed E-state index contributed by atoms with van der Waals surface area (Å²) < 4.78 is 2.07. The molecule has 0 N–H and O–H groups in total. The van der Waals surface area contributed by atoms with Crippen molar-refractivity contribution in [2.45, 2.75) is 0 Å². The van der Waals surface area contributed by atoms with Crippen LogP contribution in [0.15, 0.2) is 17.1 Å². The molecule has 1 amide bonds. The Kier molecular flexibility index (Phi) is 2.28. The molecule has 11 heavy (non-hydrogen) atoms. The Balaban J connectivity index is 2.85. The van der Waals surface area contributed by atoms with E-state index in [9.17, 15) is 4.79 Å². The molecule has 0 aliphatic carbocycles. The van der Waals surface area contributed by atoms with Crippen LogP contribution in [0.1, 0.15) is 0 Å². The first-order valence-corrected chi connectivity index (χ1v) is 3.81. The fourth-order valence-electron chi connectivity index (χ4n) is 0.634. The van der Waals surface area contributed by atoms with Gasteiger partial charge in [-0.25, -0.2) is 9.78 Å². The van der Waals surface area contributed by atoms with Gasteiger partial charge in [-0.05, 0) is 15.9 Å². The normalized spacial score (nSPS) is 9.73. The van der Waals surface area contributed by atoms with E-state index in [0.29, 0.717) is 4.60 Å². The molecular weight excluding hydrogens is 210 g/mol. The quantitative estimate of drug-likeness (QED) is 0.655. The third-order valence-electron chi connectivity index (χ3n) is 1.15. The number of rotatable bonds is 0. The number of nitrogens with zero attached hydrogens (tertiary/aromatic N) is 3. The fraction of sp³-hybridized carbons (Fsp3) is 0.333. The topological polar surface area (TPSA) is 38.1 Å². The second-order valence-electron chi connectivity index (χ2n) is 2.28. The second kappa shape index (κ2) is 3.04. The van der Waals surface area contributed by atoms with Crippen molar-refractivity contribution in [2.75, 3.05) is 14.1 Å². The number of hydrogen-bond acceptors (Lipinski definition) is 2.